The van der Waals surface area contributed by atoms with Gasteiger partial charge in [-0.25, -0.2) is 0 Å². The fourth-order valence-corrected chi connectivity index (χ4v) is 3.68. The van der Waals surface area contributed by atoms with E-state index in [0.717, 1.165) is 11.1 Å². The highest BCUT2D eigenvalue weighted by atomic mass is 16.5. The van der Waals surface area contributed by atoms with Crippen molar-refractivity contribution in [3.63, 3.8) is 0 Å². The van der Waals surface area contributed by atoms with Gasteiger partial charge < -0.3 is 10.1 Å². The molecule has 1 aliphatic rings. The zero-order chi connectivity index (χ0) is 22.8. The predicted octanol–water partition coefficient (Wildman–Crippen LogP) is 3.88. The number of hydrogen-bond donors (Lipinski definition) is 1. The van der Waals surface area contributed by atoms with Gasteiger partial charge in [0.1, 0.15) is 0 Å². The molecule has 0 fully saturated rings. The van der Waals surface area contributed by atoms with Crippen molar-refractivity contribution in [2.75, 3.05) is 5.32 Å². The third-order valence-electron chi connectivity index (χ3n) is 5.47. The summed E-state index contributed by atoms with van der Waals surface area (Å²) in [5.74, 6) is -1.54. The molecule has 0 bridgehead atoms. The fraction of sp³-hybridized carbons (Fsp3) is 0.154. The Bertz CT molecular complexity index is 1260. The van der Waals surface area contributed by atoms with E-state index in [9.17, 15) is 19.2 Å². The molecule has 1 unspecified atom stereocenters. The summed E-state index contributed by atoms with van der Waals surface area (Å²) in [6.07, 6.45) is -0.959. The Labute approximate surface area is 185 Å². The number of anilines is 1. The minimum Gasteiger partial charge on any atom is -0.452 e. The fourth-order valence-electron chi connectivity index (χ4n) is 3.68. The maximum absolute atomic E-state index is 12.8. The van der Waals surface area contributed by atoms with Crippen molar-refractivity contribution < 1.29 is 23.9 Å². The van der Waals surface area contributed by atoms with Crippen molar-refractivity contribution in [2.24, 2.45) is 0 Å². The highest BCUT2D eigenvalue weighted by Gasteiger charge is 2.29. The molecule has 1 N–H and O–H groups in total. The van der Waals surface area contributed by atoms with Crippen LogP contribution >= 0.6 is 0 Å². The number of rotatable bonds is 5. The monoisotopic (exact) mass is 427 g/mol. The number of esters is 1. The molecule has 0 aliphatic heterocycles. The molecule has 4 rings (SSSR count). The molecule has 1 amide bonds. The lowest BCUT2D eigenvalue weighted by atomic mass is 9.84. The van der Waals surface area contributed by atoms with E-state index in [0.29, 0.717) is 22.4 Å². The summed E-state index contributed by atoms with van der Waals surface area (Å²) in [4.78, 5) is 50.3. The van der Waals surface area contributed by atoms with Crippen LogP contribution in [0.3, 0.4) is 0 Å². The number of fused-ring (bicyclic) bond motifs is 2. The minimum absolute atomic E-state index is 0.0686. The van der Waals surface area contributed by atoms with E-state index in [1.165, 1.54) is 19.1 Å². The van der Waals surface area contributed by atoms with Gasteiger partial charge in [0.15, 0.2) is 17.7 Å². The smallest absolute Gasteiger partial charge is 0.311 e. The summed E-state index contributed by atoms with van der Waals surface area (Å²) in [5, 5.41) is 2.65. The Hall–Kier alpha value is -4.06. The summed E-state index contributed by atoms with van der Waals surface area (Å²) in [6.45, 7) is 3.38. The van der Waals surface area contributed by atoms with Gasteiger partial charge in [0.05, 0.1) is 6.42 Å². The number of ketones is 2. The molecular weight excluding hydrogens is 406 g/mol. The molecule has 0 aromatic heterocycles. The molecule has 3 aromatic carbocycles. The topological polar surface area (TPSA) is 89.5 Å². The Morgan fingerprint density at radius 3 is 2.12 bits per heavy atom. The van der Waals surface area contributed by atoms with E-state index in [-0.39, 0.29) is 23.6 Å². The van der Waals surface area contributed by atoms with Crippen LogP contribution in [0.2, 0.25) is 0 Å². The first-order chi connectivity index (χ1) is 15.3. The number of aryl methyl sites for hydroxylation is 1. The van der Waals surface area contributed by atoms with Gasteiger partial charge in [-0.2, -0.15) is 0 Å². The van der Waals surface area contributed by atoms with Gasteiger partial charge in [-0.05, 0) is 43.2 Å². The summed E-state index contributed by atoms with van der Waals surface area (Å²) in [5.41, 5.74) is 3.39. The molecule has 0 spiro atoms. The average Bonchev–Trinajstić information content (AvgIpc) is 2.79. The predicted molar refractivity (Wildman–Crippen MR) is 119 cm³/mol. The van der Waals surface area contributed by atoms with Crippen LogP contribution in [0.1, 0.15) is 49.9 Å². The van der Waals surface area contributed by atoms with Crippen LogP contribution in [-0.2, 0) is 20.7 Å². The van der Waals surface area contributed by atoms with Crippen LogP contribution in [-0.4, -0.2) is 29.5 Å². The van der Waals surface area contributed by atoms with Crippen LogP contribution in [0.15, 0.2) is 66.7 Å². The van der Waals surface area contributed by atoms with Gasteiger partial charge in [-0.3, -0.25) is 19.2 Å². The van der Waals surface area contributed by atoms with Gasteiger partial charge in [0.2, 0.25) is 0 Å². The second-order valence-electron chi connectivity index (χ2n) is 7.69. The summed E-state index contributed by atoms with van der Waals surface area (Å²) in [7, 11) is 0. The van der Waals surface area contributed by atoms with Crippen molar-refractivity contribution in [3.8, 4) is 0 Å². The number of hydrogen-bond acceptors (Lipinski definition) is 5. The van der Waals surface area contributed by atoms with Crippen molar-refractivity contribution >= 4 is 29.1 Å². The largest absolute Gasteiger partial charge is 0.452 e. The van der Waals surface area contributed by atoms with Gasteiger partial charge >= 0.3 is 5.97 Å². The first-order valence-corrected chi connectivity index (χ1v) is 10.2. The van der Waals surface area contributed by atoms with E-state index in [4.69, 9.17) is 4.74 Å². The molecule has 160 valence electrons. The molecule has 0 radical (unpaired) electrons. The number of ether oxygens (including phenoxy) is 1. The Balaban J connectivity index is 1.45. The number of carbonyl (C=O) groups is 4. The summed E-state index contributed by atoms with van der Waals surface area (Å²) < 4.78 is 5.27. The zero-order valence-corrected chi connectivity index (χ0v) is 17.7. The molecule has 1 atom stereocenters. The average molecular weight is 427 g/mol. The number of amides is 1. The Morgan fingerprint density at radius 1 is 0.844 bits per heavy atom. The molecule has 0 saturated carbocycles. The van der Waals surface area contributed by atoms with Gasteiger partial charge in [-0.1, -0.05) is 48.5 Å². The van der Waals surface area contributed by atoms with Gasteiger partial charge in [-0.15, -0.1) is 0 Å². The molecule has 6 heteroatoms. The van der Waals surface area contributed by atoms with Crippen LogP contribution in [0.25, 0.3) is 0 Å². The Kier molecular flexibility index (Phi) is 5.69. The van der Waals surface area contributed by atoms with E-state index >= 15 is 0 Å². The first-order valence-electron chi connectivity index (χ1n) is 10.2. The van der Waals surface area contributed by atoms with Crippen LogP contribution in [0, 0.1) is 6.92 Å². The zero-order valence-electron chi connectivity index (χ0n) is 17.7. The van der Waals surface area contributed by atoms with Crippen LogP contribution < -0.4 is 5.32 Å². The molecule has 1 aliphatic carbocycles. The van der Waals surface area contributed by atoms with Gasteiger partial charge in [0.25, 0.3) is 5.91 Å². The molecule has 0 saturated heterocycles. The third-order valence-corrected chi connectivity index (χ3v) is 5.47. The number of carbonyl (C=O) groups excluding carboxylic acids is 4. The lowest BCUT2D eigenvalue weighted by Gasteiger charge is -2.19. The van der Waals surface area contributed by atoms with Crippen molar-refractivity contribution in [3.05, 3.63) is 100 Å². The maximum Gasteiger partial charge on any atom is 0.311 e. The highest BCUT2D eigenvalue weighted by molar-refractivity contribution is 6.28. The standard InChI is InChI=1S/C26H21NO5/c1-15-7-3-4-8-17(15)13-23(28)32-16(2)26(31)27-18-11-12-21-22(14-18)25(30)20-10-6-5-9-19(20)24(21)29/h3-12,14,16H,13H2,1-2H3,(H,27,31). The molecule has 6 nitrogen and oxygen atoms in total. The third kappa shape index (κ3) is 4.07. The maximum atomic E-state index is 12.8. The van der Waals surface area contributed by atoms with Gasteiger partial charge in [0, 0.05) is 27.9 Å². The molecule has 3 aromatic rings. The molecular formula is C26H21NO5. The lowest BCUT2D eigenvalue weighted by Crippen LogP contribution is -2.30. The Morgan fingerprint density at radius 2 is 1.44 bits per heavy atom. The van der Waals surface area contributed by atoms with E-state index < -0.39 is 18.0 Å². The molecule has 32 heavy (non-hydrogen) atoms. The van der Waals surface area contributed by atoms with E-state index in [1.54, 1.807) is 30.3 Å². The SMILES string of the molecule is Cc1ccccc1CC(=O)OC(C)C(=O)Nc1ccc2c(c1)C(=O)c1ccccc1C2=O. The van der Waals surface area contributed by atoms with Crippen molar-refractivity contribution in [1.29, 1.82) is 0 Å². The molecule has 0 heterocycles. The van der Waals surface area contributed by atoms with Crippen molar-refractivity contribution in [2.45, 2.75) is 26.4 Å². The first kappa shape index (κ1) is 21.2. The highest BCUT2D eigenvalue weighted by Crippen LogP contribution is 2.29. The second kappa shape index (κ2) is 8.59. The van der Waals surface area contributed by atoms with Crippen LogP contribution in [0.4, 0.5) is 5.69 Å². The number of benzene rings is 3. The quantitative estimate of drug-likeness (QED) is 0.488. The van der Waals surface area contributed by atoms with E-state index in [2.05, 4.69) is 5.32 Å². The van der Waals surface area contributed by atoms with Crippen LogP contribution in [0.5, 0.6) is 0 Å². The lowest BCUT2D eigenvalue weighted by molar-refractivity contribution is -0.152. The normalized spacial score (nSPS) is 13.1. The number of nitrogens with one attached hydrogen (secondary N) is 1. The second-order valence-corrected chi connectivity index (χ2v) is 7.69. The minimum atomic E-state index is -1.03. The summed E-state index contributed by atoms with van der Waals surface area (Å²) >= 11 is 0. The van der Waals surface area contributed by atoms with Crippen molar-refractivity contribution in [1.82, 2.24) is 0 Å². The summed E-state index contributed by atoms with van der Waals surface area (Å²) in [6, 6.07) is 18.7. The van der Waals surface area contributed by atoms with E-state index in [1.807, 2.05) is 31.2 Å².